The topological polar surface area (TPSA) is 92.5 Å². The summed E-state index contributed by atoms with van der Waals surface area (Å²) < 4.78 is 5.11. The summed E-state index contributed by atoms with van der Waals surface area (Å²) in [5.74, 6) is 1.56. The summed E-state index contributed by atoms with van der Waals surface area (Å²) in [7, 11) is 0. The zero-order valence-electron chi connectivity index (χ0n) is 10.1. The predicted octanol–water partition coefficient (Wildman–Crippen LogP) is 1.57. The van der Waals surface area contributed by atoms with E-state index in [0.717, 1.165) is 28.2 Å². The lowest BCUT2D eigenvalue weighted by molar-refractivity contribution is 0.392. The van der Waals surface area contributed by atoms with E-state index in [1.807, 2.05) is 13.8 Å². The van der Waals surface area contributed by atoms with Gasteiger partial charge < -0.3 is 9.84 Å². The van der Waals surface area contributed by atoms with Gasteiger partial charge in [0.15, 0.2) is 5.65 Å². The van der Waals surface area contributed by atoms with E-state index in [0.29, 0.717) is 12.2 Å². The molecule has 3 rings (SSSR count). The highest BCUT2D eigenvalue weighted by atomic mass is 16.5. The molecule has 7 heteroatoms. The molecule has 3 heterocycles. The average Bonchev–Trinajstić information content (AvgIpc) is 2.95. The van der Waals surface area contributed by atoms with Crippen molar-refractivity contribution in [3.63, 3.8) is 0 Å². The van der Waals surface area contributed by atoms with Crippen LogP contribution >= 0.6 is 0 Å². The number of hydrogen-bond acceptors (Lipinski definition) is 6. The van der Waals surface area contributed by atoms with Crippen LogP contribution in [0.15, 0.2) is 17.0 Å². The van der Waals surface area contributed by atoms with Crippen molar-refractivity contribution in [3.8, 4) is 0 Å². The zero-order chi connectivity index (χ0) is 12.5. The fraction of sp³-hybridized carbons (Fsp3) is 0.273. The van der Waals surface area contributed by atoms with Crippen LogP contribution in [0.2, 0.25) is 0 Å². The van der Waals surface area contributed by atoms with Crippen molar-refractivity contribution in [1.29, 1.82) is 0 Å². The number of nitrogens with zero attached hydrogens (tertiary/aromatic N) is 4. The molecule has 0 radical (unpaired) electrons. The van der Waals surface area contributed by atoms with Gasteiger partial charge in [0, 0.05) is 12.1 Å². The van der Waals surface area contributed by atoms with Gasteiger partial charge in [-0.05, 0) is 13.8 Å². The van der Waals surface area contributed by atoms with Crippen LogP contribution < -0.4 is 5.32 Å². The first-order valence-electron chi connectivity index (χ1n) is 5.55. The summed E-state index contributed by atoms with van der Waals surface area (Å²) in [6.45, 7) is 4.42. The lowest BCUT2D eigenvalue weighted by atomic mass is 10.2. The molecule has 0 aliphatic carbocycles. The van der Waals surface area contributed by atoms with Gasteiger partial charge in [0.05, 0.1) is 17.3 Å². The van der Waals surface area contributed by atoms with Gasteiger partial charge in [-0.3, -0.25) is 5.10 Å². The molecule has 0 unspecified atom stereocenters. The Morgan fingerprint density at radius 3 is 3.00 bits per heavy atom. The van der Waals surface area contributed by atoms with Gasteiger partial charge in [0.2, 0.25) is 0 Å². The van der Waals surface area contributed by atoms with Crippen molar-refractivity contribution in [2.75, 3.05) is 5.32 Å². The predicted molar refractivity (Wildman–Crippen MR) is 65.0 cm³/mol. The van der Waals surface area contributed by atoms with Gasteiger partial charge in [-0.2, -0.15) is 5.10 Å². The van der Waals surface area contributed by atoms with Gasteiger partial charge >= 0.3 is 0 Å². The van der Waals surface area contributed by atoms with Crippen LogP contribution in [0.3, 0.4) is 0 Å². The summed E-state index contributed by atoms with van der Waals surface area (Å²) in [6, 6.07) is 0. The van der Waals surface area contributed by atoms with Gasteiger partial charge in [-0.1, -0.05) is 5.16 Å². The molecule has 0 bridgehead atoms. The van der Waals surface area contributed by atoms with Crippen LogP contribution in [0.4, 0.5) is 5.82 Å². The molecular formula is C11H12N6O. The van der Waals surface area contributed by atoms with Crippen molar-refractivity contribution in [2.45, 2.75) is 20.4 Å². The lowest BCUT2D eigenvalue weighted by Crippen LogP contribution is -2.03. The monoisotopic (exact) mass is 244 g/mol. The summed E-state index contributed by atoms with van der Waals surface area (Å²) in [5.41, 5.74) is 2.65. The van der Waals surface area contributed by atoms with Crippen LogP contribution in [0.25, 0.3) is 11.0 Å². The Morgan fingerprint density at radius 2 is 2.22 bits per heavy atom. The number of anilines is 1. The molecule has 18 heavy (non-hydrogen) atoms. The number of nitrogens with one attached hydrogen (secondary N) is 2. The lowest BCUT2D eigenvalue weighted by Gasteiger charge is -2.05. The molecule has 7 nitrogen and oxygen atoms in total. The molecular weight excluding hydrogens is 232 g/mol. The van der Waals surface area contributed by atoms with Gasteiger partial charge in [-0.25, -0.2) is 9.97 Å². The molecule has 0 atom stereocenters. The van der Waals surface area contributed by atoms with Crippen molar-refractivity contribution in [1.82, 2.24) is 25.3 Å². The molecule has 2 N–H and O–H groups in total. The van der Waals surface area contributed by atoms with Crippen LogP contribution in [-0.4, -0.2) is 25.3 Å². The Kier molecular flexibility index (Phi) is 2.44. The Hall–Kier alpha value is -2.44. The van der Waals surface area contributed by atoms with Crippen molar-refractivity contribution in [2.24, 2.45) is 0 Å². The first-order valence-corrected chi connectivity index (χ1v) is 5.55. The summed E-state index contributed by atoms with van der Waals surface area (Å²) in [6.07, 6.45) is 3.20. The van der Waals surface area contributed by atoms with Gasteiger partial charge in [0.25, 0.3) is 0 Å². The zero-order valence-corrected chi connectivity index (χ0v) is 10.1. The van der Waals surface area contributed by atoms with E-state index in [4.69, 9.17) is 4.52 Å². The third kappa shape index (κ3) is 1.69. The summed E-state index contributed by atoms with van der Waals surface area (Å²) in [4.78, 5) is 8.29. The Bertz CT molecular complexity index is 666. The van der Waals surface area contributed by atoms with Gasteiger partial charge in [0.1, 0.15) is 17.9 Å². The van der Waals surface area contributed by atoms with Crippen LogP contribution in [0.1, 0.15) is 17.0 Å². The number of H-pyrrole nitrogens is 1. The van der Waals surface area contributed by atoms with E-state index >= 15 is 0 Å². The highest BCUT2D eigenvalue weighted by Gasteiger charge is 2.10. The number of aromatic amines is 1. The maximum absolute atomic E-state index is 5.11. The average molecular weight is 244 g/mol. The number of aromatic nitrogens is 5. The maximum Gasteiger partial charge on any atom is 0.160 e. The third-order valence-corrected chi connectivity index (χ3v) is 2.86. The third-order valence-electron chi connectivity index (χ3n) is 2.86. The molecule has 3 aromatic rings. The fourth-order valence-corrected chi connectivity index (χ4v) is 1.83. The van der Waals surface area contributed by atoms with Crippen LogP contribution in [0, 0.1) is 13.8 Å². The largest absolute Gasteiger partial charge is 0.365 e. The molecule has 92 valence electrons. The van der Waals surface area contributed by atoms with E-state index in [-0.39, 0.29) is 0 Å². The van der Waals surface area contributed by atoms with E-state index in [1.54, 1.807) is 6.20 Å². The Labute approximate surface area is 103 Å². The summed E-state index contributed by atoms with van der Waals surface area (Å²) >= 11 is 0. The van der Waals surface area contributed by atoms with Crippen LogP contribution in [0.5, 0.6) is 0 Å². The van der Waals surface area contributed by atoms with E-state index < -0.39 is 0 Å². The van der Waals surface area contributed by atoms with Gasteiger partial charge in [-0.15, -0.1) is 0 Å². The number of hydrogen-bond donors (Lipinski definition) is 2. The standard InChI is InChI=1S/C11H12N6O/c1-6-8(7(2)18-17-6)3-12-10-9-4-15-16-11(9)14-5-13-10/h4-5H,3H2,1-2H3,(H2,12,13,14,15,16). The Morgan fingerprint density at radius 1 is 1.33 bits per heavy atom. The van der Waals surface area contributed by atoms with Crippen molar-refractivity contribution < 1.29 is 4.52 Å². The van der Waals surface area contributed by atoms with E-state index in [1.165, 1.54) is 6.33 Å². The number of rotatable bonds is 3. The summed E-state index contributed by atoms with van der Waals surface area (Å²) in [5, 5.41) is 14.8. The minimum atomic E-state index is 0.610. The Balaban J connectivity index is 1.87. The molecule has 0 fully saturated rings. The fourth-order valence-electron chi connectivity index (χ4n) is 1.83. The molecule has 0 saturated carbocycles. The van der Waals surface area contributed by atoms with E-state index in [9.17, 15) is 0 Å². The maximum atomic E-state index is 5.11. The number of aryl methyl sites for hydroxylation is 2. The van der Waals surface area contributed by atoms with Crippen LogP contribution in [-0.2, 0) is 6.54 Å². The minimum Gasteiger partial charge on any atom is -0.365 e. The molecule has 0 aromatic carbocycles. The SMILES string of the molecule is Cc1noc(C)c1CNc1ncnc2[nH]ncc12. The second kappa shape index (κ2) is 4.10. The molecule has 0 saturated heterocycles. The smallest absolute Gasteiger partial charge is 0.160 e. The normalized spacial score (nSPS) is 11.0. The number of fused-ring (bicyclic) bond motifs is 1. The first-order chi connectivity index (χ1) is 8.75. The minimum absolute atomic E-state index is 0.610. The molecule has 0 aliphatic rings. The molecule has 3 aromatic heterocycles. The quantitative estimate of drug-likeness (QED) is 0.726. The second-order valence-corrected chi connectivity index (χ2v) is 4.01. The molecule has 0 spiro atoms. The second-order valence-electron chi connectivity index (χ2n) is 4.01. The van der Waals surface area contributed by atoms with Crippen molar-refractivity contribution in [3.05, 3.63) is 29.5 Å². The highest BCUT2D eigenvalue weighted by Crippen LogP contribution is 2.19. The first kappa shape index (κ1) is 10.7. The molecule has 0 aliphatic heterocycles. The molecule has 0 amide bonds. The van der Waals surface area contributed by atoms with Crippen molar-refractivity contribution >= 4 is 16.9 Å². The highest BCUT2D eigenvalue weighted by molar-refractivity contribution is 5.85. The van der Waals surface area contributed by atoms with E-state index in [2.05, 4.69) is 30.6 Å².